The minimum absolute atomic E-state index is 0.114. The molecule has 0 spiro atoms. The number of ether oxygens (including phenoxy) is 2. The molecular formula is C14H20ClNO3. The van der Waals surface area contributed by atoms with E-state index in [4.69, 9.17) is 21.1 Å². The maximum atomic E-state index is 12.0. The van der Waals surface area contributed by atoms with E-state index in [-0.39, 0.29) is 11.8 Å². The van der Waals surface area contributed by atoms with Crippen molar-refractivity contribution in [1.29, 1.82) is 0 Å². The SMILES string of the molecule is COCCOc1cccc(NC(=O)C(C)(C)CCl)c1. The molecule has 0 bridgehead atoms. The number of alkyl halides is 1. The van der Waals surface area contributed by atoms with Crippen molar-refractivity contribution in [1.82, 2.24) is 0 Å². The Hall–Kier alpha value is -1.26. The molecule has 0 saturated heterocycles. The lowest BCUT2D eigenvalue weighted by Gasteiger charge is -2.20. The predicted molar refractivity (Wildman–Crippen MR) is 76.9 cm³/mol. The van der Waals surface area contributed by atoms with Crippen molar-refractivity contribution in [3.05, 3.63) is 24.3 Å². The van der Waals surface area contributed by atoms with Gasteiger partial charge in [0.1, 0.15) is 12.4 Å². The van der Waals surface area contributed by atoms with Crippen molar-refractivity contribution in [3.63, 3.8) is 0 Å². The Bertz CT molecular complexity index is 421. The molecule has 1 aromatic carbocycles. The van der Waals surface area contributed by atoms with E-state index in [1.54, 1.807) is 27.0 Å². The van der Waals surface area contributed by atoms with Crippen LogP contribution in [0.2, 0.25) is 0 Å². The highest BCUT2D eigenvalue weighted by atomic mass is 35.5. The molecule has 1 N–H and O–H groups in total. The van der Waals surface area contributed by atoms with Gasteiger partial charge in [0, 0.05) is 24.7 Å². The van der Waals surface area contributed by atoms with Gasteiger partial charge in [0.05, 0.1) is 12.0 Å². The fraction of sp³-hybridized carbons (Fsp3) is 0.500. The Labute approximate surface area is 119 Å². The van der Waals surface area contributed by atoms with Crippen molar-refractivity contribution >= 4 is 23.2 Å². The van der Waals surface area contributed by atoms with Crippen LogP contribution in [0.5, 0.6) is 5.75 Å². The summed E-state index contributed by atoms with van der Waals surface area (Å²) in [7, 11) is 1.62. The van der Waals surface area contributed by atoms with E-state index in [2.05, 4.69) is 5.32 Å². The molecule has 0 aliphatic carbocycles. The van der Waals surface area contributed by atoms with Gasteiger partial charge in [0.15, 0.2) is 0 Å². The molecule has 19 heavy (non-hydrogen) atoms. The van der Waals surface area contributed by atoms with Crippen molar-refractivity contribution in [2.45, 2.75) is 13.8 Å². The molecule has 5 heteroatoms. The number of benzene rings is 1. The summed E-state index contributed by atoms with van der Waals surface area (Å²) in [6.07, 6.45) is 0. The first-order chi connectivity index (χ1) is 8.99. The zero-order chi connectivity index (χ0) is 14.3. The van der Waals surface area contributed by atoms with E-state index < -0.39 is 5.41 Å². The average Bonchev–Trinajstić information content (AvgIpc) is 2.39. The Morgan fingerprint density at radius 1 is 1.37 bits per heavy atom. The molecule has 0 aliphatic rings. The molecule has 0 aromatic heterocycles. The zero-order valence-electron chi connectivity index (χ0n) is 11.5. The number of carbonyl (C=O) groups is 1. The smallest absolute Gasteiger partial charge is 0.231 e. The second-order valence-electron chi connectivity index (χ2n) is 4.84. The molecule has 1 amide bonds. The van der Waals surface area contributed by atoms with E-state index in [0.29, 0.717) is 24.7 Å². The summed E-state index contributed by atoms with van der Waals surface area (Å²) in [5.74, 6) is 0.845. The highest BCUT2D eigenvalue weighted by Crippen LogP contribution is 2.22. The fourth-order valence-electron chi connectivity index (χ4n) is 1.27. The third kappa shape index (κ3) is 5.09. The molecule has 0 unspecified atom stereocenters. The van der Waals surface area contributed by atoms with Crippen molar-refractivity contribution in [2.75, 3.05) is 31.5 Å². The number of anilines is 1. The van der Waals surface area contributed by atoms with Crippen molar-refractivity contribution < 1.29 is 14.3 Å². The average molecular weight is 286 g/mol. The summed E-state index contributed by atoms with van der Waals surface area (Å²) in [5.41, 5.74) is 0.0900. The van der Waals surface area contributed by atoms with Crippen LogP contribution in [0, 0.1) is 5.41 Å². The molecule has 0 radical (unpaired) electrons. The molecule has 4 nitrogen and oxygen atoms in total. The third-order valence-electron chi connectivity index (χ3n) is 2.60. The maximum absolute atomic E-state index is 12.0. The Morgan fingerprint density at radius 3 is 2.74 bits per heavy atom. The van der Waals surface area contributed by atoms with E-state index in [1.165, 1.54) is 0 Å². The van der Waals surface area contributed by atoms with Crippen LogP contribution in [0.25, 0.3) is 0 Å². The van der Waals surface area contributed by atoms with Crippen LogP contribution in [-0.4, -0.2) is 32.1 Å². The summed E-state index contributed by atoms with van der Waals surface area (Å²) in [6, 6.07) is 7.24. The van der Waals surface area contributed by atoms with Gasteiger partial charge in [-0.3, -0.25) is 4.79 Å². The van der Waals surface area contributed by atoms with Gasteiger partial charge >= 0.3 is 0 Å². The van der Waals surface area contributed by atoms with E-state index >= 15 is 0 Å². The molecule has 0 aliphatic heterocycles. The molecule has 0 atom stereocenters. The lowest BCUT2D eigenvalue weighted by molar-refractivity contribution is -0.122. The van der Waals surface area contributed by atoms with Gasteiger partial charge < -0.3 is 14.8 Å². The Kier molecular flexibility index (Phi) is 6.12. The standard InChI is InChI=1S/C14H20ClNO3/c1-14(2,10-15)13(17)16-11-5-4-6-12(9-11)19-8-7-18-3/h4-6,9H,7-8,10H2,1-3H3,(H,16,17). The number of halogens is 1. The summed E-state index contributed by atoms with van der Waals surface area (Å²) in [5, 5.41) is 2.83. The largest absolute Gasteiger partial charge is 0.491 e. The van der Waals surface area contributed by atoms with Crippen molar-refractivity contribution in [2.24, 2.45) is 5.41 Å². The molecule has 0 saturated carbocycles. The van der Waals surface area contributed by atoms with Gasteiger partial charge in [0.2, 0.25) is 5.91 Å². The summed E-state index contributed by atoms with van der Waals surface area (Å²) >= 11 is 5.77. The number of hydrogen-bond donors (Lipinski definition) is 1. The van der Waals surface area contributed by atoms with E-state index in [0.717, 1.165) is 0 Å². The number of amides is 1. The summed E-state index contributed by atoms with van der Waals surface area (Å²) < 4.78 is 10.4. The van der Waals surface area contributed by atoms with Crippen LogP contribution in [0.1, 0.15) is 13.8 Å². The third-order valence-corrected chi connectivity index (χ3v) is 3.27. The Morgan fingerprint density at radius 2 is 2.11 bits per heavy atom. The fourth-order valence-corrected chi connectivity index (χ4v) is 1.39. The first-order valence-electron chi connectivity index (χ1n) is 6.09. The van der Waals surface area contributed by atoms with Gasteiger partial charge in [-0.1, -0.05) is 6.07 Å². The van der Waals surface area contributed by atoms with Gasteiger partial charge in [0.25, 0.3) is 0 Å². The van der Waals surface area contributed by atoms with Crippen LogP contribution in [0.15, 0.2) is 24.3 Å². The number of nitrogens with one attached hydrogen (secondary N) is 1. The number of hydrogen-bond acceptors (Lipinski definition) is 3. The number of methoxy groups -OCH3 is 1. The van der Waals surface area contributed by atoms with Gasteiger partial charge in [-0.2, -0.15) is 0 Å². The van der Waals surface area contributed by atoms with Crippen LogP contribution >= 0.6 is 11.6 Å². The van der Waals surface area contributed by atoms with Gasteiger partial charge in [-0.25, -0.2) is 0 Å². The molecule has 1 rings (SSSR count). The van der Waals surface area contributed by atoms with Crippen molar-refractivity contribution in [3.8, 4) is 5.75 Å². The van der Waals surface area contributed by atoms with Crippen LogP contribution in [-0.2, 0) is 9.53 Å². The minimum atomic E-state index is -0.603. The molecular weight excluding hydrogens is 266 g/mol. The number of carbonyl (C=O) groups excluding carboxylic acids is 1. The number of rotatable bonds is 7. The van der Waals surface area contributed by atoms with E-state index in [1.807, 2.05) is 18.2 Å². The first-order valence-corrected chi connectivity index (χ1v) is 6.62. The highest BCUT2D eigenvalue weighted by Gasteiger charge is 2.26. The second kappa shape index (κ2) is 7.36. The first kappa shape index (κ1) is 15.8. The van der Waals surface area contributed by atoms with Crippen LogP contribution < -0.4 is 10.1 Å². The van der Waals surface area contributed by atoms with Crippen LogP contribution in [0.3, 0.4) is 0 Å². The topological polar surface area (TPSA) is 47.6 Å². The zero-order valence-corrected chi connectivity index (χ0v) is 12.3. The lowest BCUT2D eigenvalue weighted by Crippen LogP contribution is -2.32. The highest BCUT2D eigenvalue weighted by molar-refractivity contribution is 6.20. The van der Waals surface area contributed by atoms with E-state index in [9.17, 15) is 4.79 Å². The van der Waals surface area contributed by atoms with Gasteiger partial charge in [-0.15, -0.1) is 11.6 Å². The normalized spacial score (nSPS) is 11.2. The summed E-state index contributed by atoms with van der Waals surface area (Å²) in [4.78, 5) is 12.0. The Balaban J connectivity index is 2.64. The maximum Gasteiger partial charge on any atom is 0.231 e. The second-order valence-corrected chi connectivity index (χ2v) is 5.11. The molecule has 106 valence electrons. The lowest BCUT2D eigenvalue weighted by atomic mass is 9.95. The molecule has 1 aromatic rings. The summed E-state index contributed by atoms with van der Waals surface area (Å²) in [6.45, 7) is 4.60. The van der Waals surface area contributed by atoms with Gasteiger partial charge in [-0.05, 0) is 26.0 Å². The molecule has 0 heterocycles. The quantitative estimate of drug-likeness (QED) is 0.619. The monoisotopic (exact) mass is 285 g/mol. The van der Waals surface area contributed by atoms with Crippen LogP contribution in [0.4, 0.5) is 5.69 Å². The minimum Gasteiger partial charge on any atom is -0.491 e. The predicted octanol–water partition coefficient (Wildman–Crippen LogP) is 2.92. The molecule has 0 fully saturated rings.